The molecule has 1 aliphatic rings. The van der Waals surface area contributed by atoms with Gasteiger partial charge in [-0.3, -0.25) is 4.79 Å². The third-order valence-electron chi connectivity index (χ3n) is 3.34. The molecule has 0 N–H and O–H groups in total. The first-order chi connectivity index (χ1) is 9.72. The third kappa shape index (κ3) is 3.19. The smallest absolute Gasteiger partial charge is 0.233 e. The first-order valence-corrected chi connectivity index (χ1v) is 8.68. The molecule has 3 rings (SSSR count). The van der Waals surface area contributed by atoms with E-state index in [2.05, 4.69) is 11.4 Å². The minimum absolute atomic E-state index is 0.210. The highest BCUT2D eigenvalue weighted by atomic mass is 35.5. The lowest BCUT2D eigenvalue weighted by atomic mass is 10.1. The molecule has 0 saturated heterocycles. The standard InChI is InChI=1S/C15H14ClNOS2/c16-12-1-3-13(4-2-12)20-10-15(18)17-7-5-14-11(9-17)6-8-19-14/h1-4,6,8H,5,7,9-10H2. The Morgan fingerprint density at radius 3 is 2.90 bits per heavy atom. The second-order valence-electron chi connectivity index (χ2n) is 4.68. The largest absolute Gasteiger partial charge is 0.337 e. The molecule has 2 heterocycles. The molecule has 0 bridgehead atoms. The molecule has 0 spiro atoms. The number of carbonyl (C=O) groups is 1. The third-order valence-corrected chi connectivity index (χ3v) is 5.61. The van der Waals surface area contributed by atoms with E-state index in [1.54, 1.807) is 23.1 Å². The lowest BCUT2D eigenvalue weighted by Crippen LogP contribution is -2.36. The molecule has 0 fully saturated rings. The van der Waals surface area contributed by atoms with Gasteiger partial charge in [-0.2, -0.15) is 0 Å². The molecule has 0 unspecified atom stereocenters. The summed E-state index contributed by atoms with van der Waals surface area (Å²) in [5.74, 6) is 0.697. The van der Waals surface area contributed by atoms with Crippen LogP contribution in [-0.2, 0) is 17.8 Å². The fourth-order valence-electron chi connectivity index (χ4n) is 2.23. The topological polar surface area (TPSA) is 20.3 Å². The highest BCUT2D eigenvalue weighted by molar-refractivity contribution is 8.00. The molecule has 2 aromatic rings. The maximum Gasteiger partial charge on any atom is 0.233 e. The molecule has 5 heteroatoms. The van der Waals surface area contributed by atoms with Gasteiger partial charge in [-0.05, 0) is 47.7 Å². The molecule has 0 atom stereocenters. The van der Waals surface area contributed by atoms with Crippen LogP contribution >= 0.6 is 34.7 Å². The number of carbonyl (C=O) groups excluding carboxylic acids is 1. The number of thioether (sulfide) groups is 1. The molecule has 1 aromatic carbocycles. The van der Waals surface area contributed by atoms with Crippen LogP contribution in [0.25, 0.3) is 0 Å². The van der Waals surface area contributed by atoms with Crippen LogP contribution in [0.15, 0.2) is 40.6 Å². The molecule has 0 radical (unpaired) electrons. The average molecular weight is 324 g/mol. The van der Waals surface area contributed by atoms with Gasteiger partial charge in [0.2, 0.25) is 5.91 Å². The zero-order valence-electron chi connectivity index (χ0n) is 10.8. The Morgan fingerprint density at radius 2 is 2.10 bits per heavy atom. The van der Waals surface area contributed by atoms with Crippen LogP contribution in [0.3, 0.4) is 0 Å². The predicted molar refractivity (Wildman–Crippen MR) is 85.6 cm³/mol. The summed E-state index contributed by atoms with van der Waals surface area (Å²) in [6.45, 7) is 1.60. The van der Waals surface area contributed by atoms with Crippen molar-refractivity contribution in [3.05, 3.63) is 51.2 Å². The molecule has 104 valence electrons. The number of amides is 1. The van der Waals surface area contributed by atoms with Crippen LogP contribution in [0.5, 0.6) is 0 Å². The van der Waals surface area contributed by atoms with Crippen molar-refractivity contribution in [1.82, 2.24) is 4.90 Å². The normalized spacial score (nSPS) is 14.2. The summed E-state index contributed by atoms with van der Waals surface area (Å²) in [6.07, 6.45) is 0.990. The van der Waals surface area contributed by atoms with Gasteiger partial charge in [-0.15, -0.1) is 23.1 Å². The van der Waals surface area contributed by atoms with Crippen molar-refractivity contribution >= 4 is 40.6 Å². The first kappa shape index (κ1) is 14.0. The van der Waals surface area contributed by atoms with Gasteiger partial charge in [0.1, 0.15) is 0 Å². The van der Waals surface area contributed by atoms with E-state index >= 15 is 0 Å². The van der Waals surface area contributed by atoms with E-state index in [4.69, 9.17) is 11.6 Å². The van der Waals surface area contributed by atoms with E-state index in [0.29, 0.717) is 5.75 Å². The molecule has 1 aliphatic heterocycles. The van der Waals surface area contributed by atoms with Crippen molar-refractivity contribution in [2.75, 3.05) is 12.3 Å². The number of hydrogen-bond donors (Lipinski definition) is 0. The minimum atomic E-state index is 0.210. The van der Waals surface area contributed by atoms with E-state index in [-0.39, 0.29) is 5.91 Å². The van der Waals surface area contributed by atoms with Gasteiger partial charge in [0.05, 0.1) is 5.75 Å². The Balaban J connectivity index is 1.56. The Morgan fingerprint density at radius 1 is 1.30 bits per heavy atom. The van der Waals surface area contributed by atoms with Gasteiger partial charge in [0.25, 0.3) is 0 Å². The highest BCUT2D eigenvalue weighted by Crippen LogP contribution is 2.25. The second kappa shape index (κ2) is 6.20. The summed E-state index contributed by atoms with van der Waals surface area (Å²) >= 11 is 9.21. The zero-order chi connectivity index (χ0) is 13.9. The van der Waals surface area contributed by atoms with E-state index < -0.39 is 0 Å². The van der Waals surface area contributed by atoms with Crippen LogP contribution in [0.4, 0.5) is 0 Å². The van der Waals surface area contributed by atoms with Crippen molar-refractivity contribution < 1.29 is 4.79 Å². The lowest BCUT2D eigenvalue weighted by molar-refractivity contribution is -0.129. The maximum absolute atomic E-state index is 12.3. The van der Waals surface area contributed by atoms with Crippen LogP contribution in [0.1, 0.15) is 10.4 Å². The minimum Gasteiger partial charge on any atom is -0.337 e. The highest BCUT2D eigenvalue weighted by Gasteiger charge is 2.21. The SMILES string of the molecule is O=C(CSc1ccc(Cl)cc1)N1CCc2sccc2C1. The maximum atomic E-state index is 12.3. The van der Waals surface area contributed by atoms with Gasteiger partial charge in [0.15, 0.2) is 0 Å². The van der Waals surface area contributed by atoms with Crippen LogP contribution in [-0.4, -0.2) is 23.1 Å². The summed E-state index contributed by atoms with van der Waals surface area (Å²) < 4.78 is 0. The summed E-state index contributed by atoms with van der Waals surface area (Å²) in [4.78, 5) is 16.7. The Hall–Kier alpha value is -0.970. The Bertz CT molecular complexity index is 609. The molecule has 1 amide bonds. The molecular formula is C15H14ClNOS2. The van der Waals surface area contributed by atoms with Crippen molar-refractivity contribution in [2.45, 2.75) is 17.9 Å². The molecular weight excluding hydrogens is 310 g/mol. The van der Waals surface area contributed by atoms with Gasteiger partial charge in [-0.25, -0.2) is 0 Å². The summed E-state index contributed by atoms with van der Waals surface area (Å²) in [6, 6.07) is 9.74. The van der Waals surface area contributed by atoms with Crippen molar-refractivity contribution in [1.29, 1.82) is 0 Å². The molecule has 0 aliphatic carbocycles. The number of fused-ring (bicyclic) bond motifs is 1. The van der Waals surface area contributed by atoms with Gasteiger partial charge in [-0.1, -0.05) is 11.6 Å². The fraction of sp³-hybridized carbons (Fsp3) is 0.267. The van der Waals surface area contributed by atoms with E-state index in [1.165, 1.54) is 10.4 Å². The van der Waals surface area contributed by atoms with E-state index in [0.717, 1.165) is 29.4 Å². The second-order valence-corrected chi connectivity index (χ2v) is 7.16. The number of thiophene rings is 1. The summed E-state index contributed by atoms with van der Waals surface area (Å²) in [5, 5.41) is 2.84. The Labute approximate surface area is 131 Å². The van der Waals surface area contributed by atoms with Crippen LogP contribution in [0.2, 0.25) is 5.02 Å². The van der Waals surface area contributed by atoms with Gasteiger partial charge < -0.3 is 4.90 Å². The fourth-order valence-corrected chi connectivity index (χ4v) is 4.05. The van der Waals surface area contributed by atoms with Gasteiger partial charge >= 0.3 is 0 Å². The monoisotopic (exact) mass is 323 g/mol. The predicted octanol–water partition coefficient (Wildman–Crippen LogP) is 4.08. The van der Waals surface area contributed by atoms with Crippen molar-refractivity contribution in [2.24, 2.45) is 0 Å². The average Bonchev–Trinajstić information content (AvgIpc) is 2.93. The van der Waals surface area contributed by atoms with Gasteiger partial charge in [0, 0.05) is 27.9 Å². The number of hydrogen-bond acceptors (Lipinski definition) is 3. The lowest BCUT2D eigenvalue weighted by Gasteiger charge is -2.26. The molecule has 2 nitrogen and oxygen atoms in total. The Kier molecular flexibility index (Phi) is 4.34. The van der Waals surface area contributed by atoms with Crippen molar-refractivity contribution in [3.63, 3.8) is 0 Å². The quantitative estimate of drug-likeness (QED) is 0.793. The van der Waals surface area contributed by atoms with E-state index in [1.807, 2.05) is 29.2 Å². The number of rotatable bonds is 3. The van der Waals surface area contributed by atoms with Crippen LogP contribution in [0, 0.1) is 0 Å². The number of nitrogens with zero attached hydrogens (tertiary/aromatic N) is 1. The number of halogens is 1. The molecule has 20 heavy (non-hydrogen) atoms. The van der Waals surface area contributed by atoms with E-state index in [9.17, 15) is 4.79 Å². The van der Waals surface area contributed by atoms with Crippen molar-refractivity contribution in [3.8, 4) is 0 Å². The molecule has 0 saturated carbocycles. The summed E-state index contributed by atoms with van der Waals surface area (Å²) in [5.41, 5.74) is 1.31. The summed E-state index contributed by atoms with van der Waals surface area (Å²) in [7, 11) is 0. The first-order valence-electron chi connectivity index (χ1n) is 6.44. The zero-order valence-corrected chi connectivity index (χ0v) is 13.2. The molecule has 1 aromatic heterocycles. The van der Waals surface area contributed by atoms with Crippen LogP contribution < -0.4 is 0 Å². The number of benzene rings is 1.